The van der Waals surface area contributed by atoms with Gasteiger partial charge in [0.1, 0.15) is 0 Å². The first-order valence-corrected chi connectivity index (χ1v) is 5.28. The Morgan fingerprint density at radius 1 is 1.64 bits per heavy atom. The Bertz CT molecular complexity index is 290. The molecule has 3 nitrogen and oxygen atoms in total. The van der Waals surface area contributed by atoms with Crippen molar-refractivity contribution in [1.82, 2.24) is 4.90 Å². The van der Waals surface area contributed by atoms with Gasteiger partial charge >= 0.3 is 0 Å². The van der Waals surface area contributed by atoms with Crippen molar-refractivity contribution in [3.8, 4) is 10.8 Å². The molecule has 14 heavy (non-hydrogen) atoms. The lowest BCUT2D eigenvalue weighted by Crippen LogP contribution is -2.37. The van der Waals surface area contributed by atoms with E-state index in [-0.39, 0.29) is 17.6 Å². The maximum Gasteiger partial charge on any atom is 0.299 e. The van der Waals surface area contributed by atoms with Crippen LogP contribution in [0.15, 0.2) is 0 Å². The summed E-state index contributed by atoms with van der Waals surface area (Å²) in [5.41, 5.74) is -0.124. The van der Waals surface area contributed by atoms with Gasteiger partial charge in [0.2, 0.25) is 0 Å². The first-order valence-electron chi connectivity index (χ1n) is 4.48. The summed E-state index contributed by atoms with van der Waals surface area (Å²) in [5.74, 6) is 2.27. The van der Waals surface area contributed by atoms with Crippen LogP contribution in [0.25, 0.3) is 0 Å². The molecule has 0 N–H and O–H groups in total. The van der Waals surface area contributed by atoms with Crippen molar-refractivity contribution in [3.63, 3.8) is 0 Å². The molecule has 1 aliphatic heterocycles. The molecule has 0 aromatic heterocycles. The molecule has 4 heteroatoms. The summed E-state index contributed by atoms with van der Waals surface area (Å²) in [5, 5.41) is 0. The third-order valence-corrected chi connectivity index (χ3v) is 2.61. The van der Waals surface area contributed by atoms with Gasteiger partial charge in [0, 0.05) is 28.9 Å². The largest absolute Gasteiger partial charge is 0.373 e. The summed E-state index contributed by atoms with van der Waals surface area (Å²) in [6.07, 6.45) is 0.860. The smallest absolute Gasteiger partial charge is 0.299 e. The monoisotopic (exact) mass is 259 g/mol. The van der Waals surface area contributed by atoms with Crippen LogP contribution in [0.3, 0.4) is 0 Å². The molecular formula is C10H14BrNO2. The predicted molar refractivity (Wildman–Crippen MR) is 57.9 cm³/mol. The van der Waals surface area contributed by atoms with Gasteiger partial charge in [0.25, 0.3) is 5.91 Å². The first kappa shape index (κ1) is 11.5. The summed E-state index contributed by atoms with van der Waals surface area (Å²) >= 11 is 2.91. The van der Waals surface area contributed by atoms with Crippen molar-refractivity contribution >= 4 is 21.8 Å². The fourth-order valence-electron chi connectivity index (χ4n) is 1.55. The van der Waals surface area contributed by atoms with E-state index in [2.05, 4.69) is 26.7 Å². The zero-order chi connectivity index (χ0) is 10.8. The quantitative estimate of drug-likeness (QED) is 0.666. The predicted octanol–water partition coefficient (Wildman–Crippen LogP) is 1.37. The number of hydrogen-bond donors (Lipinski definition) is 0. The van der Waals surface area contributed by atoms with E-state index >= 15 is 0 Å². The standard InChI is InChI=1S/C10H14BrNO2/c1-10(2)6-8(7-14-10)12(3)9(13)4-5-11/h8H,6-7H2,1-3H3. The lowest BCUT2D eigenvalue weighted by molar-refractivity contribution is -0.125. The van der Waals surface area contributed by atoms with Crippen molar-refractivity contribution in [2.75, 3.05) is 13.7 Å². The van der Waals surface area contributed by atoms with Crippen LogP contribution in [-0.2, 0) is 9.53 Å². The molecule has 0 radical (unpaired) electrons. The van der Waals surface area contributed by atoms with Crippen LogP contribution in [0.5, 0.6) is 0 Å². The molecule has 1 rings (SSSR count). The molecule has 1 saturated heterocycles. The number of likely N-dealkylation sites (N-methyl/N-ethyl adjacent to an activating group) is 1. The highest BCUT2D eigenvalue weighted by Crippen LogP contribution is 2.27. The van der Waals surface area contributed by atoms with Gasteiger partial charge in [-0.05, 0) is 25.1 Å². The van der Waals surface area contributed by atoms with Gasteiger partial charge < -0.3 is 9.64 Å². The molecule has 1 heterocycles. The Kier molecular flexibility index (Phi) is 3.57. The highest BCUT2D eigenvalue weighted by molar-refractivity contribution is 9.12. The molecule has 1 atom stereocenters. The van der Waals surface area contributed by atoms with Crippen molar-refractivity contribution < 1.29 is 9.53 Å². The minimum Gasteiger partial charge on any atom is -0.373 e. The maximum absolute atomic E-state index is 11.4. The van der Waals surface area contributed by atoms with Gasteiger partial charge in [-0.1, -0.05) is 0 Å². The summed E-state index contributed by atoms with van der Waals surface area (Å²) in [4.78, 5) is 15.5. The van der Waals surface area contributed by atoms with E-state index < -0.39 is 0 Å². The van der Waals surface area contributed by atoms with E-state index in [0.717, 1.165) is 6.42 Å². The molecule has 0 aromatic rings. The Hall–Kier alpha value is -0.530. The van der Waals surface area contributed by atoms with Crippen molar-refractivity contribution in [2.45, 2.75) is 31.9 Å². The summed E-state index contributed by atoms with van der Waals surface area (Å²) in [6.45, 7) is 4.65. The third kappa shape index (κ3) is 2.73. The normalized spacial score (nSPS) is 23.9. The molecule has 0 saturated carbocycles. The lowest BCUT2D eigenvalue weighted by atomic mass is 10.0. The minimum atomic E-state index is -0.173. The highest BCUT2D eigenvalue weighted by atomic mass is 79.9. The molecule has 0 spiro atoms. The number of rotatable bonds is 1. The fraction of sp³-hybridized carbons (Fsp3) is 0.700. The summed E-state index contributed by atoms with van der Waals surface area (Å²) in [6, 6.07) is 0.144. The average molecular weight is 260 g/mol. The maximum atomic E-state index is 11.4. The lowest BCUT2D eigenvalue weighted by Gasteiger charge is -2.21. The Balaban J connectivity index is 2.58. The topological polar surface area (TPSA) is 29.5 Å². The summed E-state index contributed by atoms with van der Waals surface area (Å²) in [7, 11) is 1.76. The Morgan fingerprint density at radius 3 is 2.71 bits per heavy atom. The average Bonchev–Trinajstić information content (AvgIpc) is 2.45. The molecule has 0 aliphatic carbocycles. The second kappa shape index (κ2) is 4.33. The van der Waals surface area contributed by atoms with Gasteiger partial charge in [-0.25, -0.2) is 0 Å². The van der Waals surface area contributed by atoms with Crippen LogP contribution < -0.4 is 0 Å². The molecule has 1 aliphatic rings. The number of amides is 1. The second-order valence-corrected chi connectivity index (χ2v) is 4.46. The van der Waals surface area contributed by atoms with Gasteiger partial charge in [0.15, 0.2) is 0 Å². The Labute approximate surface area is 92.9 Å². The molecule has 1 fully saturated rings. The first-order chi connectivity index (χ1) is 6.46. The van der Waals surface area contributed by atoms with Crippen LogP contribution in [0.1, 0.15) is 20.3 Å². The molecule has 1 amide bonds. The second-order valence-electron chi connectivity index (χ2n) is 4.06. The number of halogens is 1. The molecule has 0 aromatic carbocycles. The van der Waals surface area contributed by atoms with Gasteiger partial charge in [-0.15, -0.1) is 0 Å². The number of hydrogen-bond acceptors (Lipinski definition) is 2. The van der Waals surface area contributed by atoms with Crippen LogP contribution in [0, 0.1) is 10.8 Å². The minimum absolute atomic E-state index is 0.124. The highest BCUT2D eigenvalue weighted by Gasteiger charge is 2.35. The van der Waals surface area contributed by atoms with Gasteiger partial charge in [-0.3, -0.25) is 4.79 Å². The van der Waals surface area contributed by atoms with E-state index in [9.17, 15) is 4.79 Å². The third-order valence-electron chi connectivity index (χ3n) is 2.42. The van der Waals surface area contributed by atoms with Crippen molar-refractivity contribution in [1.29, 1.82) is 0 Å². The van der Waals surface area contributed by atoms with Crippen LogP contribution in [-0.4, -0.2) is 36.1 Å². The SMILES string of the molecule is CN(C(=O)C#CBr)C1COC(C)(C)C1. The molecule has 78 valence electrons. The van der Waals surface area contributed by atoms with Crippen molar-refractivity contribution in [2.24, 2.45) is 0 Å². The van der Waals surface area contributed by atoms with Crippen molar-refractivity contribution in [3.05, 3.63) is 0 Å². The number of carbonyl (C=O) groups excluding carboxylic acids is 1. The number of nitrogens with zero attached hydrogens (tertiary/aromatic N) is 1. The van der Waals surface area contributed by atoms with Crippen LogP contribution >= 0.6 is 15.9 Å². The van der Waals surface area contributed by atoms with Gasteiger partial charge in [0.05, 0.1) is 18.2 Å². The number of carbonyl (C=O) groups is 1. The van der Waals surface area contributed by atoms with Crippen LogP contribution in [0.4, 0.5) is 0 Å². The van der Waals surface area contributed by atoms with Gasteiger partial charge in [-0.2, -0.15) is 0 Å². The Morgan fingerprint density at radius 2 is 2.29 bits per heavy atom. The van der Waals surface area contributed by atoms with E-state index in [1.165, 1.54) is 0 Å². The van der Waals surface area contributed by atoms with E-state index in [1.54, 1.807) is 11.9 Å². The van der Waals surface area contributed by atoms with E-state index in [0.29, 0.717) is 6.61 Å². The van der Waals surface area contributed by atoms with E-state index in [4.69, 9.17) is 4.74 Å². The fourth-order valence-corrected chi connectivity index (χ4v) is 1.72. The molecule has 0 bridgehead atoms. The summed E-state index contributed by atoms with van der Waals surface area (Å²) < 4.78 is 5.55. The van der Waals surface area contributed by atoms with E-state index in [1.807, 2.05) is 13.8 Å². The zero-order valence-electron chi connectivity index (χ0n) is 8.63. The molecular weight excluding hydrogens is 246 g/mol. The number of ether oxygens (including phenoxy) is 1. The zero-order valence-corrected chi connectivity index (χ0v) is 10.2. The molecule has 1 unspecified atom stereocenters. The van der Waals surface area contributed by atoms with Crippen LogP contribution in [0.2, 0.25) is 0 Å².